The van der Waals surface area contributed by atoms with E-state index in [1.807, 2.05) is 24.3 Å². The minimum atomic E-state index is -0.344. The first-order valence-corrected chi connectivity index (χ1v) is 10.8. The summed E-state index contributed by atoms with van der Waals surface area (Å²) in [5.74, 6) is 2.51. The van der Waals surface area contributed by atoms with Crippen LogP contribution in [0.4, 0.5) is 22.1 Å². The van der Waals surface area contributed by atoms with Crippen LogP contribution in [-0.2, 0) is 6.54 Å². The molecule has 0 aliphatic carbocycles. The average molecular weight is 449 g/mol. The average Bonchev–Trinajstić information content (AvgIpc) is 2.88. The molecule has 0 unspecified atom stereocenters. The van der Waals surface area contributed by atoms with Crippen molar-refractivity contribution in [3.05, 3.63) is 66.5 Å². The van der Waals surface area contributed by atoms with Gasteiger partial charge in [-0.3, -0.25) is 5.32 Å². The zero-order valence-electron chi connectivity index (χ0n) is 18.8. The van der Waals surface area contributed by atoms with Crippen molar-refractivity contribution >= 4 is 23.4 Å². The molecule has 9 heteroatoms. The first-order valence-electron chi connectivity index (χ1n) is 10.8. The van der Waals surface area contributed by atoms with Gasteiger partial charge in [0, 0.05) is 44.5 Å². The topological polar surface area (TPSA) is 91.9 Å². The molecule has 1 fully saturated rings. The Labute approximate surface area is 193 Å². The van der Waals surface area contributed by atoms with E-state index in [1.54, 1.807) is 20.3 Å². The second-order valence-electron chi connectivity index (χ2n) is 7.57. The summed E-state index contributed by atoms with van der Waals surface area (Å²) in [6.07, 6.45) is 1.48. The number of carbonyl (C=O) groups is 1. The summed E-state index contributed by atoms with van der Waals surface area (Å²) in [6.45, 7) is 3.84. The Bertz CT molecular complexity index is 1070. The number of para-hydroxylation sites is 1. The molecule has 0 atom stereocenters. The molecular formula is C24H28N6O3. The number of carbonyl (C=O) groups excluding carboxylic acids is 1. The molecule has 33 heavy (non-hydrogen) atoms. The lowest BCUT2D eigenvalue weighted by Gasteiger charge is -2.36. The molecule has 2 aromatic carbocycles. The van der Waals surface area contributed by atoms with Crippen LogP contribution in [0.3, 0.4) is 0 Å². The first kappa shape index (κ1) is 22.2. The molecule has 2 N–H and O–H groups in total. The van der Waals surface area contributed by atoms with E-state index in [9.17, 15) is 4.79 Å². The standard InChI is InChI=1S/C24H28N6O3/c1-32-20-9-8-18(14-21(20)33-2)16-25-24(31)28-22-15-23(27-17-26-22)30-12-10-29(11-13-30)19-6-4-3-5-7-19/h3-9,14-15,17H,10-13,16H2,1-2H3,(H2,25,26,27,28,31). The Morgan fingerprint density at radius 3 is 2.36 bits per heavy atom. The highest BCUT2D eigenvalue weighted by Gasteiger charge is 2.19. The lowest BCUT2D eigenvalue weighted by Crippen LogP contribution is -2.46. The quantitative estimate of drug-likeness (QED) is 0.574. The van der Waals surface area contributed by atoms with Gasteiger partial charge in [-0.15, -0.1) is 0 Å². The summed E-state index contributed by atoms with van der Waals surface area (Å²) >= 11 is 0. The van der Waals surface area contributed by atoms with Gasteiger partial charge in [-0.1, -0.05) is 24.3 Å². The molecule has 2 amide bonds. The number of amides is 2. The van der Waals surface area contributed by atoms with Gasteiger partial charge in [0.2, 0.25) is 0 Å². The van der Waals surface area contributed by atoms with Crippen molar-refractivity contribution in [3.63, 3.8) is 0 Å². The Morgan fingerprint density at radius 1 is 0.909 bits per heavy atom. The smallest absolute Gasteiger partial charge is 0.320 e. The van der Waals surface area contributed by atoms with Crippen molar-refractivity contribution in [3.8, 4) is 11.5 Å². The maximum Gasteiger partial charge on any atom is 0.320 e. The number of nitrogens with one attached hydrogen (secondary N) is 2. The fourth-order valence-corrected chi connectivity index (χ4v) is 3.75. The number of anilines is 3. The first-order chi connectivity index (χ1) is 16.2. The fourth-order valence-electron chi connectivity index (χ4n) is 3.75. The lowest BCUT2D eigenvalue weighted by molar-refractivity contribution is 0.251. The van der Waals surface area contributed by atoms with Crippen LogP contribution < -0.4 is 29.9 Å². The van der Waals surface area contributed by atoms with Crippen molar-refractivity contribution in [2.24, 2.45) is 0 Å². The van der Waals surface area contributed by atoms with E-state index in [2.05, 4.69) is 54.7 Å². The van der Waals surface area contributed by atoms with Gasteiger partial charge >= 0.3 is 6.03 Å². The monoisotopic (exact) mass is 448 g/mol. The van der Waals surface area contributed by atoms with Gasteiger partial charge in [0.25, 0.3) is 0 Å². The molecule has 1 aliphatic rings. The van der Waals surface area contributed by atoms with E-state index in [1.165, 1.54) is 12.0 Å². The van der Waals surface area contributed by atoms with Gasteiger partial charge in [0.05, 0.1) is 14.2 Å². The number of methoxy groups -OCH3 is 2. The van der Waals surface area contributed by atoms with Gasteiger partial charge in [-0.2, -0.15) is 0 Å². The minimum absolute atomic E-state index is 0.339. The summed E-state index contributed by atoms with van der Waals surface area (Å²) in [7, 11) is 3.17. The van der Waals surface area contributed by atoms with Crippen molar-refractivity contribution in [1.82, 2.24) is 15.3 Å². The van der Waals surface area contributed by atoms with Crippen molar-refractivity contribution in [1.29, 1.82) is 0 Å². The normalized spacial score (nSPS) is 13.4. The number of benzene rings is 2. The molecule has 0 radical (unpaired) electrons. The Kier molecular flexibility index (Phi) is 7.09. The van der Waals surface area contributed by atoms with Crippen LogP contribution in [0.1, 0.15) is 5.56 Å². The molecule has 2 heterocycles. The summed E-state index contributed by atoms with van der Waals surface area (Å²) in [6, 6.07) is 17.4. The van der Waals surface area contributed by atoms with Crippen molar-refractivity contribution < 1.29 is 14.3 Å². The molecule has 0 spiro atoms. The maximum absolute atomic E-state index is 12.4. The maximum atomic E-state index is 12.4. The van der Waals surface area contributed by atoms with Crippen LogP contribution in [0.2, 0.25) is 0 Å². The highest BCUT2D eigenvalue weighted by Crippen LogP contribution is 2.27. The molecule has 1 aliphatic heterocycles. The van der Waals surface area contributed by atoms with Crippen LogP contribution >= 0.6 is 0 Å². The zero-order valence-corrected chi connectivity index (χ0v) is 18.8. The largest absolute Gasteiger partial charge is 0.493 e. The summed E-state index contributed by atoms with van der Waals surface area (Å²) in [5.41, 5.74) is 2.12. The second kappa shape index (κ2) is 10.5. The fraction of sp³-hybridized carbons (Fsp3) is 0.292. The van der Waals surface area contributed by atoms with Crippen LogP contribution in [0.25, 0.3) is 0 Å². The third-order valence-electron chi connectivity index (χ3n) is 5.52. The van der Waals surface area contributed by atoms with Crippen LogP contribution in [0.5, 0.6) is 11.5 Å². The molecule has 0 bridgehead atoms. The summed E-state index contributed by atoms with van der Waals surface area (Å²) < 4.78 is 10.5. The van der Waals surface area contributed by atoms with Crippen molar-refractivity contribution in [2.45, 2.75) is 6.54 Å². The third kappa shape index (κ3) is 5.62. The van der Waals surface area contributed by atoms with E-state index < -0.39 is 0 Å². The van der Waals surface area contributed by atoms with Gasteiger partial charge in [-0.25, -0.2) is 14.8 Å². The molecular weight excluding hydrogens is 420 g/mol. The number of ether oxygens (including phenoxy) is 2. The minimum Gasteiger partial charge on any atom is -0.493 e. The third-order valence-corrected chi connectivity index (χ3v) is 5.52. The van der Waals surface area contributed by atoms with E-state index in [4.69, 9.17) is 9.47 Å². The molecule has 1 saturated heterocycles. The SMILES string of the molecule is COc1ccc(CNC(=O)Nc2cc(N3CCN(c4ccccc4)CC3)ncn2)cc1OC. The summed E-state index contributed by atoms with van der Waals surface area (Å²) in [5, 5.41) is 5.62. The Morgan fingerprint density at radius 2 is 1.64 bits per heavy atom. The zero-order chi connectivity index (χ0) is 23.0. The number of urea groups is 1. The van der Waals surface area contributed by atoms with Crippen molar-refractivity contribution in [2.75, 3.05) is 55.5 Å². The van der Waals surface area contributed by atoms with E-state index in [0.717, 1.165) is 37.6 Å². The lowest BCUT2D eigenvalue weighted by atomic mass is 10.2. The number of hydrogen-bond donors (Lipinski definition) is 2. The number of piperazine rings is 1. The number of hydrogen-bond acceptors (Lipinski definition) is 7. The molecule has 3 aromatic rings. The Hall–Kier alpha value is -4.01. The van der Waals surface area contributed by atoms with Gasteiger partial charge < -0.3 is 24.6 Å². The van der Waals surface area contributed by atoms with Crippen LogP contribution in [0, 0.1) is 0 Å². The van der Waals surface area contributed by atoms with E-state index in [0.29, 0.717) is 23.9 Å². The molecule has 172 valence electrons. The number of aromatic nitrogens is 2. The van der Waals surface area contributed by atoms with Crippen LogP contribution in [-0.4, -0.2) is 56.4 Å². The highest BCUT2D eigenvalue weighted by atomic mass is 16.5. The summed E-state index contributed by atoms with van der Waals surface area (Å²) in [4.78, 5) is 25.5. The predicted molar refractivity (Wildman–Crippen MR) is 128 cm³/mol. The molecule has 4 rings (SSSR count). The Balaban J connectivity index is 1.30. The molecule has 0 saturated carbocycles. The van der Waals surface area contributed by atoms with E-state index in [-0.39, 0.29) is 6.03 Å². The van der Waals surface area contributed by atoms with Gasteiger partial charge in [0.1, 0.15) is 18.0 Å². The second-order valence-corrected chi connectivity index (χ2v) is 7.57. The highest BCUT2D eigenvalue weighted by molar-refractivity contribution is 5.88. The van der Waals surface area contributed by atoms with Gasteiger partial charge in [0.15, 0.2) is 11.5 Å². The number of rotatable bonds is 7. The van der Waals surface area contributed by atoms with Gasteiger partial charge in [-0.05, 0) is 29.8 Å². The van der Waals surface area contributed by atoms with Crippen LogP contribution in [0.15, 0.2) is 60.9 Å². The molecule has 1 aromatic heterocycles. The number of nitrogens with zero attached hydrogens (tertiary/aromatic N) is 4. The molecule has 9 nitrogen and oxygen atoms in total. The predicted octanol–water partition coefficient (Wildman–Crippen LogP) is 3.14. The van der Waals surface area contributed by atoms with E-state index >= 15 is 0 Å².